The van der Waals surface area contributed by atoms with Gasteiger partial charge >= 0.3 is 0 Å². The fraction of sp³-hybridized carbons (Fsp3) is 0.700. The molecule has 2 N–H and O–H groups in total. The van der Waals surface area contributed by atoms with Gasteiger partial charge in [0, 0.05) is 25.8 Å². The summed E-state index contributed by atoms with van der Waals surface area (Å²) in [7, 11) is 1.93. The number of nitrogens with one attached hydrogen (secondary N) is 2. The number of aromatic nitrogens is 2. The molecule has 78 valence electrons. The lowest BCUT2D eigenvalue weighted by Crippen LogP contribution is -2.39. The van der Waals surface area contributed by atoms with Gasteiger partial charge in [-0.05, 0) is 19.4 Å². The van der Waals surface area contributed by atoms with Crippen molar-refractivity contribution < 1.29 is 0 Å². The largest absolute Gasteiger partial charge is 0.381 e. The van der Waals surface area contributed by atoms with Gasteiger partial charge in [0.15, 0.2) is 0 Å². The van der Waals surface area contributed by atoms with E-state index in [0.717, 1.165) is 12.2 Å². The molecule has 0 saturated carbocycles. The minimum absolute atomic E-state index is 0.629. The maximum absolute atomic E-state index is 4.11. The van der Waals surface area contributed by atoms with E-state index >= 15 is 0 Å². The highest BCUT2D eigenvalue weighted by Gasteiger charge is 2.11. The van der Waals surface area contributed by atoms with Crippen molar-refractivity contribution in [1.82, 2.24) is 15.1 Å². The predicted octanol–water partition coefficient (Wildman–Crippen LogP) is 0.974. The Labute approximate surface area is 84.7 Å². The number of nitrogens with zero attached hydrogens (tertiary/aromatic N) is 2. The van der Waals surface area contributed by atoms with E-state index in [-0.39, 0.29) is 0 Å². The van der Waals surface area contributed by atoms with E-state index in [1.807, 2.05) is 24.1 Å². The van der Waals surface area contributed by atoms with Crippen LogP contribution in [0.2, 0.25) is 0 Å². The Morgan fingerprint density at radius 2 is 2.57 bits per heavy atom. The van der Waals surface area contributed by atoms with Crippen LogP contribution in [0.15, 0.2) is 12.4 Å². The lowest BCUT2D eigenvalue weighted by molar-refractivity contribution is 0.414. The number of aryl methyl sites for hydroxylation is 1. The summed E-state index contributed by atoms with van der Waals surface area (Å²) in [4.78, 5) is 0. The first-order valence-electron chi connectivity index (χ1n) is 5.30. The molecule has 0 spiro atoms. The molecule has 1 saturated heterocycles. The fourth-order valence-electron chi connectivity index (χ4n) is 1.85. The van der Waals surface area contributed by atoms with E-state index in [9.17, 15) is 0 Å². The Morgan fingerprint density at radius 3 is 3.21 bits per heavy atom. The normalized spacial score (nSPS) is 22.2. The second-order valence-electron chi connectivity index (χ2n) is 3.93. The molecule has 1 aromatic rings. The van der Waals surface area contributed by atoms with Crippen molar-refractivity contribution in [3.8, 4) is 0 Å². The van der Waals surface area contributed by atoms with E-state index in [0.29, 0.717) is 6.04 Å². The van der Waals surface area contributed by atoms with Crippen LogP contribution in [-0.2, 0) is 7.05 Å². The van der Waals surface area contributed by atoms with Crippen LogP contribution in [0.25, 0.3) is 0 Å². The summed E-state index contributed by atoms with van der Waals surface area (Å²) in [6.45, 7) is 2.17. The zero-order valence-corrected chi connectivity index (χ0v) is 8.66. The molecule has 4 heteroatoms. The highest BCUT2D eigenvalue weighted by molar-refractivity contribution is 5.38. The zero-order valence-electron chi connectivity index (χ0n) is 8.66. The van der Waals surface area contributed by atoms with E-state index in [2.05, 4.69) is 15.7 Å². The zero-order chi connectivity index (χ0) is 9.80. The topological polar surface area (TPSA) is 41.9 Å². The highest BCUT2D eigenvalue weighted by atomic mass is 15.3. The van der Waals surface area contributed by atoms with Crippen molar-refractivity contribution in [2.45, 2.75) is 25.3 Å². The molecule has 0 radical (unpaired) electrons. The van der Waals surface area contributed by atoms with Gasteiger partial charge in [0.1, 0.15) is 0 Å². The van der Waals surface area contributed by atoms with Crippen molar-refractivity contribution in [2.75, 3.05) is 18.4 Å². The van der Waals surface area contributed by atoms with Crippen LogP contribution in [-0.4, -0.2) is 28.9 Å². The summed E-state index contributed by atoms with van der Waals surface area (Å²) in [5.41, 5.74) is 1.11. The van der Waals surface area contributed by atoms with Gasteiger partial charge in [0.2, 0.25) is 0 Å². The van der Waals surface area contributed by atoms with Gasteiger partial charge in [-0.15, -0.1) is 0 Å². The molecule has 14 heavy (non-hydrogen) atoms. The molecule has 0 amide bonds. The van der Waals surface area contributed by atoms with Gasteiger partial charge in [-0.3, -0.25) is 4.68 Å². The van der Waals surface area contributed by atoms with Crippen LogP contribution in [0.4, 0.5) is 5.69 Å². The van der Waals surface area contributed by atoms with Crippen LogP contribution in [0.5, 0.6) is 0 Å². The van der Waals surface area contributed by atoms with Crippen molar-refractivity contribution in [2.24, 2.45) is 7.05 Å². The Kier molecular flexibility index (Phi) is 3.03. The number of rotatable bonds is 3. The Balaban J connectivity index is 1.76. The van der Waals surface area contributed by atoms with Gasteiger partial charge in [-0.25, -0.2) is 0 Å². The van der Waals surface area contributed by atoms with Crippen molar-refractivity contribution in [3.63, 3.8) is 0 Å². The SMILES string of the molecule is Cn1cc(NCC2CCCCN2)cn1. The molecule has 0 aromatic carbocycles. The van der Waals surface area contributed by atoms with Gasteiger partial charge < -0.3 is 10.6 Å². The third-order valence-electron chi connectivity index (χ3n) is 2.67. The molecule has 2 rings (SSSR count). The average molecular weight is 194 g/mol. The molecule has 1 atom stereocenters. The quantitative estimate of drug-likeness (QED) is 0.753. The van der Waals surface area contributed by atoms with Crippen LogP contribution in [0, 0.1) is 0 Å². The molecule has 0 aliphatic carbocycles. The van der Waals surface area contributed by atoms with Gasteiger partial charge in [0.05, 0.1) is 11.9 Å². The summed E-state index contributed by atoms with van der Waals surface area (Å²) in [5.74, 6) is 0. The van der Waals surface area contributed by atoms with E-state index in [1.165, 1.54) is 25.8 Å². The Bertz CT molecular complexity index is 275. The summed E-state index contributed by atoms with van der Waals surface area (Å²) in [5, 5.41) is 11.0. The van der Waals surface area contributed by atoms with E-state index in [4.69, 9.17) is 0 Å². The number of anilines is 1. The monoisotopic (exact) mass is 194 g/mol. The maximum atomic E-state index is 4.11. The first-order chi connectivity index (χ1) is 6.84. The van der Waals surface area contributed by atoms with Crippen LogP contribution < -0.4 is 10.6 Å². The minimum atomic E-state index is 0.629. The fourth-order valence-corrected chi connectivity index (χ4v) is 1.85. The van der Waals surface area contributed by atoms with Gasteiger partial charge in [-0.1, -0.05) is 6.42 Å². The molecule has 0 bridgehead atoms. The van der Waals surface area contributed by atoms with Crippen molar-refractivity contribution in [3.05, 3.63) is 12.4 Å². The third kappa shape index (κ3) is 2.48. The molecule has 1 aromatic heterocycles. The number of hydrogen-bond acceptors (Lipinski definition) is 3. The standard InChI is InChI=1S/C10H18N4/c1-14-8-10(7-13-14)12-6-9-4-2-3-5-11-9/h7-9,11-12H,2-6H2,1H3. The summed E-state index contributed by atoms with van der Waals surface area (Å²) in [6, 6.07) is 0.629. The van der Waals surface area contributed by atoms with Crippen LogP contribution in [0.1, 0.15) is 19.3 Å². The molecule has 1 fully saturated rings. The van der Waals surface area contributed by atoms with Crippen molar-refractivity contribution in [1.29, 1.82) is 0 Å². The highest BCUT2D eigenvalue weighted by Crippen LogP contribution is 2.09. The third-order valence-corrected chi connectivity index (χ3v) is 2.67. The number of piperidine rings is 1. The smallest absolute Gasteiger partial charge is 0.0726 e. The first kappa shape index (κ1) is 9.52. The summed E-state index contributed by atoms with van der Waals surface area (Å²) < 4.78 is 1.82. The Morgan fingerprint density at radius 1 is 1.64 bits per heavy atom. The second-order valence-corrected chi connectivity index (χ2v) is 3.93. The lowest BCUT2D eigenvalue weighted by Gasteiger charge is -2.23. The van der Waals surface area contributed by atoms with Gasteiger partial charge in [0.25, 0.3) is 0 Å². The second kappa shape index (κ2) is 4.46. The molecule has 1 aliphatic rings. The average Bonchev–Trinajstić information content (AvgIpc) is 2.63. The van der Waals surface area contributed by atoms with Gasteiger partial charge in [-0.2, -0.15) is 5.10 Å². The molecular formula is C10H18N4. The molecule has 4 nitrogen and oxygen atoms in total. The van der Waals surface area contributed by atoms with E-state index in [1.54, 1.807) is 0 Å². The van der Waals surface area contributed by atoms with Crippen LogP contribution in [0.3, 0.4) is 0 Å². The summed E-state index contributed by atoms with van der Waals surface area (Å²) in [6.07, 6.45) is 7.83. The minimum Gasteiger partial charge on any atom is -0.381 e. The number of hydrogen-bond donors (Lipinski definition) is 2. The Hall–Kier alpha value is -1.03. The first-order valence-corrected chi connectivity index (χ1v) is 5.30. The molecule has 2 heterocycles. The molecular weight excluding hydrogens is 176 g/mol. The molecule has 1 unspecified atom stereocenters. The lowest BCUT2D eigenvalue weighted by atomic mass is 10.1. The van der Waals surface area contributed by atoms with Crippen molar-refractivity contribution >= 4 is 5.69 Å². The maximum Gasteiger partial charge on any atom is 0.0726 e. The predicted molar refractivity (Wildman–Crippen MR) is 57.3 cm³/mol. The van der Waals surface area contributed by atoms with E-state index < -0.39 is 0 Å². The van der Waals surface area contributed by atoms with Crippen LogP contribution >= 0.6 is 0 Å². The molecule has 1 aliphatic heterocycles. The summed E-state index contributed by atoms with van der Waals surface area (Å²) >= 11 is 0.